The van der Waals surface area contributed by atoms with Gasteiger partial charge in [0, 0.05) is 10.9 Å². The van der Waals surface area contributed by atoms with Gasteiger partial charge in [-0.25, -0.2) is 0 Å². The minimum Gasteiger partial charge on any atom is -0.323 e. The van der Waals surface area contributed by atoms with Crippen molar-refractivity contribution in [2.45, 2.75) is 38.1 Å². The van der Waals surface area contributed by atoms with Crippen LogP contribution in [0.25, 0.3) is 0 Å². The third kappa shape index (κ3) is 2.44. The lowest BCUT2D eigenvalue weighted by atomic mass is 9.84. The molecule has 0 saturated heterocycles. The number of hydrogen-bond donors (Lipinski definition) is 1. The molecule has 17 heavy (non-hydrogen) atoms. The molecular formula is C13H17BrClNS. The average molecular weight is 335 g/mol. The molecule has 0 radical (unpaired) electrons. The van der Waals surface area contributed by atoms with Crippen LogP contribution in [0.1, 0.15) is 43.0 Å². The van der Waals surface area contributed by atoms with E-state index in [0.717, 1.165) is 33.0 Å². The molecule has 2 aliphatic rings. The summed E-state index contributed by atoms with van der Waals surface area (Å²) >= 11 is 11.2. The van der Waals surface area contributed by atoms with E-state index in [1.54, 1.807) is 11.3 Å². The van der Waals surface area contributed by atoms with E-state index in [-0.39, 0.29) is 6.04 Å². The van der Waals surface area contributed by atoms with E-state index in [1.807, 2.05) is 6.07 Å². The predicted molar refractivity (Wildman–Crippen MR) is 77.5 cm³/mol. The highest BCUT2D eigenvalue weighted by atomic mass is 79.9. The van der Waals surface area contributed by atoms with Crippen molar-refractivity contribution < 1.29 is 0 Å². The Balaban J connectivity index is 1.65. The molecule has 1 aromatic heterocycles. The molecule has 2 saturated carbocycles. The zero-order valence-electron chi connectivity index (χ0n) is 9.66. The van der Waals surface area contributed by atoms with Crippen LogP contribution in [0.4, 0.5) is 0 Å². The maximum Gasteiger partial charge on any atom is 0.0887 e. The van der Waals surface area contributed by atoms with Crippen LogP contribution in [0.2, 0.25) is 5.02 Å². The van der Waals surface area contributed by atoms with Crippen molar-refractivity contribution in [1.29, 1.82) is 0 Å². The van der Waals surface area contributed by atoms with Gasteiger partial charge in [0.1, 0.15) is 0 Å². The number of thiophene rings is 1. The molecule has 3 rings (SSSR count). The molecule has 1 heterocycles. The maximum atomic E-state index is 6.32. The summed E-state index contributed by atoms with van der Waals surface area (Å²) in [5.41, 5.74) is 6.32. The number of rotatable bonds is 3. The Hall–Kier alpha value is 0.430. The van der Waals surface area contributed by atoms with E-state index in [4.69, 9.17) is 17.3 Å². The van der Waals surface area contributed by atoms with E-state index < -0.39 is 0 Å². The highest BCUT2D eigenvalue weighted by Gasteiger charge is 2.39. The molecule has 2 N–H and O–H groups in total. The number of halogens is 2. The van der Waals surface area contributed by atoms with E-state index in [0.29, 0.717) is 0 Å². The van der Waals surface area contributed by atoms with Gasteiger partial charge in [-0.2, -0.15) is 0 Å². The van der Waals surface area contributed by atoms with Gasteiger partial charge in [0.25, 0.3) is 0 Å². The molecule has 1 nitrogen and oxygen atoms in total. The minimum atomic E-state index is 0.174. The Morgan fingerprint density at radius 3 is 2.82 bits per heavy atom. The minimum absolute atomic E-state index is 0.174. The molecule has 94 valence electrons. The average Bonchev–Trinajstić information content (AvgIpc) is 2.95. The zero-order chi connectivity index (χ0) is 12.0. The lowest BCUT2D eigenvalue weighted by Crippen LogP contribution is -2.18. The fourth-order valence-corrected chi connectivity index (χ4v) is 5.41. The predicted octanol–water partition coefficient (Wildman–Crippen LogP) is 4.99. The van der Waals surface area contributed by atoms with Crippen LogP contribution in [0.15, 0.2) is 9.85 Å². The lowest BCUT2D eigenvalue weighted by molar-refractivity contribution is 0.297. The second-order valence-electron chi connectivity index (χ2n) is 5.55. The summed E-state index contributed by atoms with van der Waals surface area (Å²) in [5.74, 6) is 2.84. The van der Waals surface area contributed by atoms with Crippen molar-refractivity contribution in [3.05, 3.63) is 19.8 Å². The van der Waals surface area contributed by atoms with Crippen molar-refractivity contribution >= 4 is 38.9 Å². The maximum absolute atomic E-state index is 6.32. The Kier molecular flexibility index (Phi) is 3.55. The Morgan fingerprint density at radius 1 is 1.47 bits per heavy atom. The summed E-state index contributed by atoms with van der Waals surface area (Å²) in [6.45, 7) is 0. The fourth-order valence-electron chi connectivity index (χ4n) is 3.65. The summed E-state index contributed by atoms with van der Waals surface area (Å²) < 4.78 is 1.01. The van der Waals surface area contributed by atoms with Gasteiger partial charge in [-0.3, -0.25) is 0 Å². The van der Waals surface area contributed by atoms with Crippen LogP contribution in [0, 0.1) is 17.8 Å². The van der Waals surface area contributed by atoms with E-state index >= 15 is 0 Å². The van der Waals surface area contributed by atoms with Gasteiger partial charge in [0.2, 0.25) is 0 Å². The molecule has 1 aromatic rings. The first kappa shape index (κ1) is 12.5. The molecule has 0 amide bonds. The second kappa shape index (κ2) is 4.84. The third-order valence-electron chi connectivity index (χ3n) is 4.47. The van der Waals surface area contributed by atoms with Crippen molar-refractivity contribution in [3.8, 4) is 0 Å². The molecule has 2 aliphatic carbocycles. The second-order valence-corrected chi connectivity index (χ2v) is 8.36. The summed E-state index contributed by atoms with van der Waals surface area (Å²) in [7, 11) is 0. The first-order valence-corrected chi connectivity index (χ1v) is 8.32. The molecule has 2 bridgehead atoms. The Bertz CT molecular complexity index is 400. The van der Waals surface area contributed by atoms with E-state index in [9.17, 15) is 0 Å². The SMILES string of the molecule is NC(CC1CC2CCC1C2)c1cc(Cl)c(Br)s1. The van der Waals surface area contributed by atoms with E-state index in [1.165, 1.54) is 30.6 Å². The molecule has 4 atom stereocenters. The first-order valence-electron chi connectivity index (χ1n) is 6.33. The van der Waals surface area contributed by atoms with Gasteiger partial charge in [-0.05, 0) is 65.4 Å². The van der Waals surface area contributed by atoms with Gasteiger partial charge in [-0.1, -0.05) is 18.0 Å². The first-order chi connectivity index (χ1) is 8.13. The van der Waals surface area contributed by atoms with Crippen LogP contribution in [-0.4, -0.2) is 0 Å². The standard InChI is InChI=1S/C13H17BrClNS/c14-13-10(15)6-12(17-13)11(16)5-9-4-7-1-2-8(9)3-7/h6-9,11H,1-5,16H2. The largest absolute Gasteiger partial charge is 0.323 e. The van der Waals surface area contributed by atoms with Gasteiger partial charge in [-0.15, -0.1) is 11.3 Å². The fraction of sp³-hybridized carbons (Fsp3) is 0.692. The number of hydrogen-bond acceptors (Lipinski definition) is 2. The zero-order valence-corrected chi connectivity index (χ0v) is 12.8. The highest BCUT2D eigenvalue weighted by molar-refractivity contribution is 9.11. The van der Waals surface area contributed by atoms with Crippen molar-refractivity contribution in [1.82, 2.24) is 0 Å². The van der Waals surface area contributed by atoms with Gasteiger partial charge < -0.3 is 5.73 Å². The smallest absolute Gasteiger partial charge is 0.0887 e. The van der Waals surface area contributed by atoms with Crippen LogP contribution >= 0.6 is 38.9 Å². The molecule has 0 aliphatic heterocycles. The number of fused-ring (bicyclic) bond motifs is 2. The van der Waals surface area contributed by atoms with Gasteiger partial charge in [0.05, 0.1) is 8.81 Å². The molecule has 0 spiro atoms. The normalized spacial score (nSPS) is 33.2. The van der Waals surface area contributed by atoms with Crippen molar-refractivity contribution in [2.24, 2.45) is 23.5 Å². The third-order valence-corrected chi connectivity index (χ3v) is 7.08. The monoisotopic (exact) mass is 333 g/mol. The lowest BCUT2D eigenvalue weighted by Gasteiger charge is -2.24. The number of nitrogens with two attached hydrogens (primary N) is 1. The molecule has 0 aromatic carbocycles. The van der Waals surface area contributed by atoms with Gasteiger partial charge in [0.15, 0.2) is 0 Å². The summed E-state index contributed by atoms with van der Waals surface area (Å²) in [6, 6.07) is 2.20. The topological polar surface area (TPSA) is 26.0 Å². The van der Waals surface area contributed by atoms with Gasteiger partial charge >= 0.3 is 0 Å². The molecule has 4 heteroatoms. The van der Waals surface area contributed by atoms with Crippen molar-refractivity contribution in [3.63, 3.8) is 0 Å². The highest BCUT2D eigenvalue weighted by Crippen LogP contribution is 2.51. The van der Waals surface area contributed by atoms with Crippen molar-refractivity contribution in [2.75, 3.05) is 0 Å². The van der Waals surface area contributed by atoms with Crippen LogP contribution in [0.3, 0.4) is 0 Å². The van der Waals surface area contributed by atoms with Crippen LogP contribution in [-0.2, 0) is 0 Å². The Morgan fingerprint density at radius 2 is 2.29 bits per heavy atom. The van der Waals surface area contributed by atoms with Crippen LogP contribution in [0.5, 0.6) is 0 Å². The summed E-state index contributed by atoms with van der Waals surface area (Å²) in [4.78, 5) is 1.23. The van der Waals surface area contributed by atoms with E-state index in [2.05, 4.69) is 15.9 Å². The summed E-state index contributed by atoms with van der Waals surface area (Å²) in [5, 5.41) is 0.799. The quantitative estimate of drug-likeness (QED) is 0.828. The molecule has 2 fully saturated rings. The Labute approximate surface area is 120 Å². The molecule has 4 unspecified atom stereocenters. The van der Waals surface area contributed by atoms with Crippen LogP contribution < -0.4 is 5.73 Å². The molecular weight excluding hydrogens is 318 g/mol. The summed E-state index contributed by atoms with van der Waals surface area (Å²) in [6.07, 6.45) is 6.93.